The fraction of sp³-hybridized carbons (Fsp3) is 0.450. The molecule has 0 aliphatic heterocycles. The van der Waals surface area contributed by atoms with Gasteiger partial charge in [-0.2, -0.15) is 0 Å². The van der Waals surface area contributed by atoms with E-state index in [1.54, 1.807) is 0 Å². The van der Waals surface area contributed by atoms with Crippen molar-refractivity contribution in [2.75, 3.05) is 18.5 Å². The molecule has 2 aromatic carbocycles. The summed E-state index contributed by atoms with van der Waals surface area (Å²) in [6, 6.07) is 13.2. The van der Waals surface area contributed by atoms with Gasteiger partial charge in [-0.1, -0.05) is 153 Å². The Morgan fingerprint density at radius 1 is 1.05 bits per heavy atom. The highest BCUT2D eigenvalue weighted by molar-refractivity contribution is 9.10. The van der Waals surface area contributed by atoms with Crippen molar-refractivity contribution in [2.24, 2.45) is 5.92 Å². The maximum Gasteiger partial charge on any atom is 0.161 e. The number of hydrogen-bond acceptors (Lipinski definition) is 2. The molecule has 0 fully saturated rings. The number of hydrogen-bond donors (Lipinski definition) is 0. The van der Waals surface area contributed by atoms with Crippen LogP contribution in [0.4, 0.5) is 0 Å². The van der Waals surface area contributed by atoms with Gasteiger partial charge in [0.2, 0.25) is 0 Å². The average Bonchev–Trinajstić information content (AvgIpc) is 3.04. The second kappa shape index (κ2) is 21.4. The Morgan fingerprint density at radius 3 is 2.36 bits per heavy atom. The zero-order valence-corrected chi connectivity index (χ0v) is 31.9. The highest BCUT2D eigenvalue weighted by Crippen LogP contribution is 2.47. The summed E-state index contributed by atoms with van der Waals surface area (Å²) in [6.07, 6.45) is 16.8. The summed E-state index contributed by atoms with van der Waals surface area (Å²) in [5, 5.41) is 0.801. The first-order valence-corrected chi connectivity index (χ1v) is 18.2. The van der Waals surface area contributed by atoms with E-state index >= 15 is 0 Å². The third-order valence-electron chi connectivity index (χ3n) is 7.83. The van der Waals surface area contributed by atoms with Gasteiger partial charge in [-0.05, 0) is 86.1 Å². The lowest BCUT2D eigenvalue weighted by atomic mass is 9.67. The summed E-state index contributed by atoms with van der Waals surface area (Å²) in [4.78, 5) is 0. The van der Waals surface area contributed by atoms with Crippen molar-refractivity contribution >= 4 is 37.4 Å². The van der Waals surface area contributed by atoms with E-state index in [0.29, 0.717) is 19.1 Å². The summed E-state index contributed by atoms with van der Waals surface area (Å²) >= 11 is 7.37. The van der Waals surface area contributed by atoms with Crippen LogP contribution in [0.15, 0.2) is 95.1 Å². The third kappa shape index (κ3) is 11.2. The summed E-state index contributed by atoms with van der Waals surface area (Å²) in [5.41, 5.74) is 6.81. The molecule has 0 heterocycles. The Bertz CT molecular complexity index is 1280. The normalized spacial score (nSPS) is 14.5. The summed E-state index contributed by atoms with van der Waals surface area (Å²) < 4.78 is 13.8. The van der Waals surface area contributed by atoms with Gasteiger partial charge in [0, 0.05) is 15.2 Å². The topological polar surface area (TPSA) is 18.5 Å². The predicted octanol–water partition coefficient (Wildman–Crippen LogP) is 13.2. The number of alkyl halides is 1. The van der Waals surface area contributed by atoms with Gasteiger partial charge in [0.25, 0.3) is 0 Å². The summed E-state index contributed by atoms with van der Waals surface area (Å²) in [7, 11) is 0. The molecular weight excluding hydrogens is 672 g/mol. The van der Waals surface area contributed by atoms with Crippen LogP contribution in [0.25, 0.3) is 5.57 Å². The lowest BCUT2D eigenvalue weighted by Gasteiger charge is -2.36. The fourth-order valence-electron chi connectivity index (χ4n) is 5.05. The molecule has 0 aliphatic carbocycles. The van der Waals surface area contributed by atoms with E-state index < -0.39 is 5.41 Å². The monoisotopic (exact) mass is 726 g/mol. The number of ether oxygens (including phenoxy) is 2. The van der Waals surface area contributed by atoms with Gasteiger partial charge in [-0.25, -0.2) is 0 Å². The Labute approximate surface area is 286 Å². The lowest BCUT2D eigenvalue weighted by molar-refractivity contribution is 0.232. The molecule has 0 aromatic heterocycles. The first kappa shape index (κ1) is 39.7. The summed E-state index contributed by atoms with van der Waals surface area (Å²) in [6.45, 7) is 24.7. The lowest BCUT2D eigenvalue weighted by Crippen LogP contribution is -2.28. The molecule has 0 radical (unpaired) electrons. The number of benzene rings is 2. The van der Waals surface area contributed by atoms with E-state index in [1.807, 2.05) is 19.9 Å². The van der Waals surface area contributed by atoms with Crippen molar-refractivity contribution in [3.8, 4) is 11.5 Å². The van der Waals surface area contributed by atoms with Crippen molar-refractivity contribution < 1.29 is 9.47 Å². The molecule has 242 valence electrons. The van der Waals surface area contributed by atoms with Gasteiger partial charge in [0.05, 0.1) is 13.2 Å². The molecule has 0 bridgehead atoms. The highest BCUT2D eigenvalue weighted by atomic mass is 79.9. The number of allylic oxidation sites excluding steroid dienone is 9. The van der Waals surface area contributed by atoms with Crippen molar-refractivity contribution in [1.82, 2.24) is 0 Å². The molecule has 2 nitrogen and oxygen atoms in total. The molecule has 0 spiro atoms. The maximum atomic E-state index is 6.42. The van der Waals surface area contributed by atoms with Crippen LogP contribution < -0.4 is 9.47 Å². The number of halogens is 2. The van der Waals surface area contributed by atoms with Gasteiger partial charge in [-0.15, -0.1) is 0 Å². The van der Waals surface area contributed by atoms with Crippen LogP contribution in [-0.2, 0) is 5.41 Å². The zero-order chi connectivity index (χ0) is 33.1. The first-order chi connectivity index (χ1) is 21.2. The second-order valence-corrected chi connectivity index (χ2v) is 12.5. The van der Waals surface area contributed by atoms with Crippen LogP contribution in [0.1, 0.15) is 105 Å². The zero-order valence-electron chi connectivity index (χ0n) is 28.7. The van der Waals surface area contributed by atoms with E-state index in [4.69, 9.17) is 9.47 Å². The first-order valence-electron chi connectivity index (χ1n) is 16.3. The molecule has 2 aromatic rings. The van der Waals surface area contributed by atoms with Gasteiger partial charge >= 0.3 is 0 Å². The van der Waals surface area contributed by atoms with Crippen molar-refractivity contribution in [3.63, 3.8) is 0 Å². The smallest absolute Gasteiger partial charge is 0.161 e. The van der Waals surface area contributed by atoms with Gasteiger partial charge in [0.15, 0.2) is 11.5 Å². The molecule has 2 unspecified atom stereocenters. The molecule has 44 heavy (non-hydrogen) atoms. The third-order valence-corrected chi connectivity index (χ3v) is 8.70. The Morgan fingerprint density at radius 2 is 1.77 bits per heavy atom. The summed E-state index contributed by atoms with van der Waals surface area (Å²) in [5.74, 6) is 2.10. The molecule has 2 atom stereocenters. The molecule has 0 saturated carbocycles. The van der Waals surface area contributed by atoms with Crippen LogP contribution in [0.3, 0.4) is 0 Å². The minimum absolute atomic E-state index is 0.460. The van der Waals surface area contributed by atoms with Gasteiger partial charge in [0.1, 0.15) is 0 Å². The molecule has 0 saturated heterocycles. The second-order valence-electron chi connectivity index (χ2n) is 11.0. The van der Waals surface area contributed by atoms with Crippen molar-refractivity contribution in [1.29, 1.82) is 0 Å². The van der Waals surface area contributed by atoms with Gasteiger partial charge < -0.3 is 9.47 Å². The van der Waals surface area contributed by atoms with E-state index in [0.717, 1.165) is 47.0 Å². The average molecular weight is 729 g/mol. The Kier molecular flexibility index (Phi) is 19.4. The molecule has 0 N–H and O–H groups in total. The predicted molar refractivity (Wildman–Crippen MR) is 203 cm³/mol. The number of rotatable bonds is 17. The highest BCUT2D eigenvalue weighted by Gasteiger charge is 2.36. The SMILES string of the molecule is C=C/C=C(C)\C=C(/CC)C(C)(c1ccc(OCC(C)CC)c(OCCCC)c1)c1cc(Br)ccc1C(/C=C\CBr)=C/C.CC. The minimum Gasteiger partial charge on any atom is -0.490 e. The Hall–Kier alpha value is -2.30. The van der Waals surface area contributed by atoms with E-state index in [2.05, 4.69) is 154 Å². The van der Waals surface area contributed by atoms with E-state index in [9.17, 15) is 0 Å². The quantitative estimate of drug-likeness (QED) is 0.0917. The minimum atomic E-state index is -0.460. The standard InChI is InChI=1S/C38H50Br2O2.C2H6/c1-9-14-23-41-37-25-32(18-21-36(37)42-27-28(6)11-3)38(8,31(13-5)24-29(7)16-10-2)35-26-33(40)19-20-34(35)30(12-4)17-15-22-39;1-2/h10,12,15-21,24-26,28H,2,9,11,13-14,22-23,27H2,1,3-8H3;1-2H3/b17-15-,29-16-,30-12+,31-24+;. The molecule has 0 aliphatic rings. The molecule has 2 rings (SSSR count). The molecule has 4 heteroatoms. The van der Waals surface area contributed by atoms with Crippen LogP contribution in [0.5, 0.6) is 11.5 Å². The van der Waals surface area contributed by atoms with Gasteiger partial charge in [-0.3, -0.25) is 0 Å². The van der Waals surface area contributed by atoms with Crippen molar-refractivity contribution in [2.45, 2.75) is 93.4 Å². The fourth-order valence-corrected chi connectivity index (χ4v) is 5.59. The van der Waals surface area contributed by atoms with Crippen LogP contribution in [-0.4, -0.2) is 18.5 Å². The van der Waals surface area contributed by atoms with Crippen LogP contribution in [0.2, 0.25) is 0 Å². The molecular formula is C40H56Br2O2. The largest absolute Gasteiger partial charge is 0.490 e. The van der Waals surface area contributed by atoms with Crippen molar-refractivity contribution in [3.05, 3.63) is 112 Å². The molecule has 0 amide bonds. The number of unbranched alkanes of at least 4 members (excludes halogenated alkanes) is 1. The van der Waals surface area contributed by atoms with E-state index in [1.165, 1.54) is 33.4 Å². The van der Waals surface area contributed by atoms with Crippen LogP contribution in [0, 0.1) is 5.92 Å². The van der Waals surface area contributed by atoms with E-state index in [-0.39, 0.29) is 0 Å². The Balaban J connectivity index is 0.00000474. The maximum absolute atomic E-state index is 6.42. The van der Waals surface area contributed by atoms with Crippen LogP contribution >= 0.6 is 31.9 Å².